The van der Waals surface area contributed by atoms with Gasteiger partial charge in [-0.05, 0) is 30.3 Å². The second-order valence-corrected chi connectivity index (χ2v) is 7.90. The summed E-state index contributed by atoms with van der Waals surface area (Å²) in [6, 6.07) is 12.9. The molecule has 0 spiro atoms. The number of aromatic nitrogens is 1. The smallest absolute Gasteiger partial charge is 0.267 e. The van der Waals surface area contributed by atoms with Gasteiger partial charge in [0, 0.05) is 31.7 Å². The summed E-state index contributed by atoms with van der Waals surface area (Å²) in [5.74, 6) is 1.13. The zero-order valence-corrected chi connectivity index (χ0v) is 16.4. The summed E-state index contributed by atoms with van der Waals surface area (Å²) in [4.78, 5) is 33.5. The molecule has 7 nitrogen and oxygen atoms in total. The Kier molecular flexibility index (Phi) is 4.55. The Bertz CT molecular complexity index is 1070. The predicted molar refractivity (Wildman–Crippen MR) is 108 cm³/mol. The van der Waals surface area contributed by atoms with E-state index in [-0.39, 0.29) is 18.4 Å². The maximum Gasteiger partial charge on any atom is 0.267 e. The molecule has 0 saturated carbocycles. The molecule has 0 unspecified atom stereocenters. The van der Waals surface area contributed by atoms with Crippen LogP contribution in [0.25, 0.3) is 10.2 Å². The Morgan fingerprint density at radius 2 is 1.76 bits per heavy atom. The SMILES string of the molecule is O=C(c1ccc2ncsc2c1)N1CCN(C(=O)[C@@H]2COc3ccccc3O2)CC1. The van der Waals surface area contributed by atoms with Crippen LogP contribution in [0.15, 0.2) is 48.0 Å². The van der Waals surface area contributed by atoms with E-state index in [9.17, 15) is 9.59 Å². The number of amides is 2. The quantitative estimate of drug-likeness (QED) is 0.650. The Morgan fingerprint density at radius 3 is 2.59 bits per heavy atom. The van der Waals surface area contributed by atoms with E-state index < -0.39 is 6.10 Å². The molecular formula is C21H19N3O4S. The van der Waals surface area contributed by atoms with E-state index in [1.165, 1.54) is 11.3 Å². The van der Waals surface area contributed by atoms with Crippen molar-refractivity contribution < 1.29 is 19.1 Å². The fraction of sp³-hybridized carbons (Fsp3) is 0.286. The first-order valence-corrected chi connectivity index (χ1v) is 10.4. The summed E-state index contributed by atoms with van der Waals surface area (Å²) < 4.78 is 12.5. The minimum atomic E-state index is -0.652. The Balaban J connectivity index is 1.21. The highest BCUT2D eigenvalue weighted by Crippen LogP contribution is 2.31. The number of hydrogen-bond donors (Lipinski definition) is 0. The normalized spacial score (nSPS) is 18.7. The standard InChI is InChI=1S/C21H19N3O4S/c25-20(14-5-6-15-19(11-14)29-13-22-15)23-7-9-24(10-8-23)21(26)18-12-27-16-3-1-2-4-17(16)28-18/h1-6,11,13,18H,7-10,12H2/t18-/m0/s1. The maximum atomic E-state index is 12.8. The maximum absolute atomic E-state index is 12.8. The van der Waals surface area contributed by atoms with Gasteiger partial charge in [0.15, 0.2) is 11.5 Å². The third-order valence-corrected chi connectivity index (χ3v) is 6.03. The highest BCUT2D eigenvalue weighted by atomic mass is 32.1. The van der Waals surface area contributed by atoms with Gasteiger partial charge in [0.05, 0.1) is 15.7 Å². The lowest BCUT2D eigenvalue weighted by molar-refractivity contribution is -0.142. The molecule has 1 atom stereocenters. The average molecular weight is 409 g/mol. The number of fused-ring (bicyclic) bond motifs is 2. The molecule has 0 aliphatic carbocycles. The molecule has 1 saturated heterocycles. The van der Waals surface area contributed by atoms with Gasteiger partial charge in [0.2, 0.25) is 6.10 Å². The Hall–Kier alpha value is -3.13. The first-order chi connectivity index (χ1) is 14.2. The van der Waals surface area contributed by atoms with Crippen LogP contribution in [0.2, 0.25) is 0 Å². The summed E-state index contributed by atoms with van der Waals surface area (Å²) in [5.41, 5.74) is 3.33. The van der Waals surface area contributed by atoms with Crippen LogP contribution in [0.3, 0.4) is 0 Å². The summed E-state index contributed by atoms with van der Waals surface area (Å²) in [5, 5.41) is 0. The van der Waals surface area contributed by atoms with Crippen molar-refractivity contribution in [1.82, 2.24) is 14.8 Å². The van der Waals surface area contributed by atoms with Crippen LogP contribution in [0.1, 0.15) is 10.4 Å². The molecule has 2 aliphatic heterocycles. The van der Waals surface area contributed by atoms with Gasteiger partial charge in [-0.15, -0.1) is 11.3 Å². The average Bonchev–Trinajstić information content (AvgIpc) is 3.26. The van der Waals surface area contributed by atoms with E-state index in [1.54, 1.807) is 21.4 Å². The van der Waals surface area contributed by atoms with Crippen molar-refractivity contribution in [3.05, 3.63) is 53.5 Å². The number of ether oxygens (including phenoxy) is 2. The fourth-order valence-corrected chi connectivity index (χ4v) is 4.36. The summed E-state index contributed by atoms with van der Waals surface area (Å²) in [7, 11) is 0. The molecule has 3 heterocycles. The van der Waals surface area contributed by atoms with E-state index in [2.05, 4.69) is 4.98 Å². The second-order valence-electron chi connectivity index (χ2n) is 7.02. The van der Waals surface area contributed by atoms with E-state index in [1.807, 2.05) is 36.4 Å². The topological polar surface area (TPSA) is 72.0 Å². The number of hydrogen-bond acceptors (Lipinski definition) is 6. The molecule has 0 N–H and O–H groups in total. The predicted octanol–water partition coefficient (Wildman–Crippen LogP) is 2.42. The van der Waals surface area contributed by atoms with E-state index >= 15 is 0 Å². The number of para-hydroxylation sites is 2. The molecule has 3 aromatic rings. The molecule has 8 heteroatoms. The number of piperazine rings is 1. The number of rotatable bonds is 2. The Labute approximate surface area is 171 Å². The minimum Gasteiger partial charge on any atom is -0.485 e. The van der Waals surface area contributed by atoms with Crippen molar-refractivity contribution in [3.8, 4) is 11.5 Å². The van der Waals surface area contributed by atoms with Crippen molar-refractivity contribution in [1.29, 1.82) is 0 Å². The number of thiazole rings is 1. The van der Waals surface area contributed by atoms with Crippen molar-refractivity contribution in [2.45, 2.75) is 6.10 Å². The number of nitrogens with zero attached hydrogens (tertiary/aromatic N) is 3. The monoisotopic (exact) mass is 409 g/mol. The van der Waals surface area contributed by atoms with E-state index in [0.29, 0.717) is 43.2 Å². The summed E-state index contributed by atoms with van der Waals surface area (Å²) in [6.07, 6.45) is -0.652. The Morgan fingerprint density at radius 1 is 1.00 bits per heavy atom. The van der Waals surface area contributed by atoms with Gasteiger partial charge in [-0.25, -0.2) is 4.98 Å². The van der Waals surface area contributed by atoms with Gasteiger partial charge >= 0.3 is 0 Å². The van der Waals surface area contributed by atoms with Crippen LogP contribution >= 0.6 is 11.3 Å². The second kappa shape index (κ2) is 7.36. The number of carbonyl (C=O) groups excluding carboxylic acids is 2. The molecule has 148 valence electrons. The molecule has 0 bridgehead atoms. The van der Waals surface area contributed by atoms with Crippen molar-refractivity contribution in [2.24, 2.45) is 0 Å². The largest absolute Gasteiger partial charge is 0.485 e. The van der Waals surface area contributed by atoms with Crippen LogP contribution in [0, 0.1) is 0 Å². The van der Waals surface area contributed by atoms with Gasteiger partial charge in [0.25, 0.3) is 11.8 Å². The molecule has 1 fully saturated rings. The number of benzene rings is 2. The molecule has 2 aliphatic rings. The van der Waals surface area contributed by atoms with Crippen LogP contribution in [-0.4, -0.2) is 65.5 Å². The summed E-state index contributed by atoms with van der Waals surface area (Å²) in [6.45, 7) is 2.15. The first-order valence-electron chi connectivity index (χ1n) is 9.49. The molecule has 0 radical (unpaired) electrons. The molecular weight excluding hydrogens is 390 g/mol. The zero-order chi connectivity index (χ0) is 19.8. The third-order valence-electron chi connectivity index (χ3n) is 5.24. The van der Waals surface area contributed by atoms with Gasteiger partial charge in [-0.2, -0.15) is 0 Å². The number of carbonyl (C=O) groups is 2. The van der Waals surface area contributed by atoms with E-state index in [0.717, 1.165) is 10.2 Å². The first kappa shape index (κ1) is 17.9. The van der Waals surface area contributed by atoms with Crippen molar-refractivity contribution in [2.75, 3.05) is 32.8 Å². The molecule has 1 aromatic heterocycles. The van der Waals surface area contributed by atoms with Crippen LogP contribution < -0.4 is 9.47 Å². The van der Waals surface area contributed by atoms with Crippen LogP contribution in [-0.2, 0) is 4.79 Å². The highest BCUT2D eigenvalue weighted by Gasteiger charge is 2.33. The fourth-order valence-electron chi connectivity index (χ4n) is 3.65. The lowest BCUT2D eigenvalue weighted by Gasteiger charge is -2.37. The van der Waals surface area contributed by atoms with Gasteiger partial charge in [0.1, 0.15) is 6.61 Å². The van der Waals surface area contributed by atoms with Gasteiger partial charge in [-0.3, -0.25) is 9.59 Å². The minimum absolute atomic E-state index is 0.0152. The van der Waals surface area contributed by atoms with Crippen molar-refractivity contribution >= 4 is 33.4 Å². The molecule has 29 heavy (non-hydrogen) atoms. The van der Waals surface area contributed by atoms with E-state index in [4.69, 9.17) is 9.47 Å². The third kappa shape index (κ3) is 3.40. The highest BCUT2D eigenvalue weighted by molar-refractivity contribution is 7.16. The summed E-state index contributed by atoms with van der Waals surface area (Å²) >= 11 is 1.52. The lowest BCUT2D eigenvalue weighted by atomic mass is 10.1. The van der Waals surface area contributed by atoms with Crippen molar-refractivity contribution in [3.63, 3.8) is 0 Å². The molecule has 5 rings (SSSR count). The van der Waals surface area contributed by atoms with Gasteiger partial charge < -0.3 is 19.3 Å². The zero-order valence-electron chi connectivity index (χ0n) is 15.6. The van der Waals surface area contributed by atoms with Gasteiger partial charge in [-0.1, -0.05) is 12.1 Å². The molecule has 2 amide bonds. The van der Waals surface area contributed by atoms with Crippen LogP contribution in [0.4, 0.5) is 0 Å². The molecule has 2 aromatic carbocycles. The lowest BCUT2D eigenvalue weighted by Crippen LogP contribution is -2.55. The van der Waals surface area contributed by atoms with Crippen LogP contribution in [0.5, 0.6) is 11.5 Å².